The lowest BCUT2D eigenvalue weighted by atomic mass is 10.0. The molecule has 0 bridgehead atoms. The smallest absolute Gasteiger partial charge is 0.338 e. The molecule has 2 nitrogen and oxygen atoms in total. The molecule has 0 unspecified atom stereocenters. The van der Waals surface area contributed by atoms with Crippen LogP contribution in [0.3, 0.4) is 0 Å². The first kappa shape index (κ1) is 9.33. The van der Waals surface area contributed by atoms with Crippen molar-refractivity contribution >= 4 is 33.5 Å². The van der Waals surface area contributed by atoms with E-state index in [0.29, 0.717) is 0 Å². The first-order valence-electron chi connectivity index (χ1n) is 3.59. The van der Waals surface area contributed by atoms with Crippen molar-refractivity contribution in [1.82, 2.24) is 0 Å². The highest BCUT2D eigenvalue weighted by Crippen LogP contribution is 2.43. The Kier molecular flexibility index (Phi) is 2.49. The van der Waals surface area contributed by atoms with Gasteiger partial charge in [-0.25, -0.2) is 4.79 Å². The molecule has 64 valence electrons. The number of alkyl halides is 2. The molecule has 0 aromatic rings. The number of esters is 1. The van der Waals surface area contributed by atoms with Crippen LogP contribution in [0.2, 0.25) is 0 Å². The molecule has 1 heterocycles. The molecule has 0 saturated carbocycles. The summed E-state index contributed by atoms with van der Waals surface area (Å²) in [7, 11) is 0. The topological polar surface area (TPSA) is 26.3 Å². The lowest BCUT2D eigenvalue weighted by molar-refractivity contribution is -0.141. The van der Waals surface area contributed by atoms with E-state index in [0.717, 1.165) is 6.42 Å². The van der Waals surface area contributed by atoms with Gasteiger partial charge < -0.3 is 4.74 Å². The fraction of sp³-hybridized carbons (Fsp3) is 0.857. The zero-order chi connectivity index (χ0) is 8.65. The van der Waals surface area contributed by atoms with Gasteiger partial charge in [0.1, 0.15) is 6.10 Å². The number of hydrogen-bond donors (Lipinski definition) is 0. The third kappa shape index (κ3) is 1.41. The fourth-order valence-corrected chi connectivity index (χ4v) is 1.75. The summed E-state index contributed by atoms with van der Waals surface area (Å²) in [5, 5.41) is 0. The lowest BCUT2D eigenvalue weighted by Crippen LogP contribution is -2.26. The van der Waals surface area contributed by atoms with Crippen LogP contribution in [0.4, 0.5) is 0 Å². The zero-order valence-corrected chi connectivity index (χ0v) is 8.78. The summed E-state index contributed by atoms with van der Waals surface area (Å²) in [6.07, 6.45) is 0.770. The molecular weight excluding hydrogens is 231 g/mol. The molecule has 0 radical (unpaired) electrons. The van der Waals surface area contributed by atoms with Crippen LogP contribution in [0, 0.1) is 5.92 Å². The maximum atomic E-state index is 11.1. The lowest BCUT2D eigenvalue weighted by Gasteiger charge is -2.15. The normalized spacial score (nSPS) is 44.2. The summed E-state index contributed by atoms with van der Waals surface area (Å²) in [6.45, 7) is 3.88. The SMILES string of the molecule is CC[C@H]1OC(=O)[C@@](Cl)(Br)[C@@H]1C. The molecule has 3 atom stereocenters. The first-order valence-corrected chi connectivity index (χ1v) is 4.76. The van der Waals surface area contributed by atoms with Crippen molar-refractivity contribution in [1.29, 1.82) is 0 Å². The first-order chi connectivity index (χ1) is 5.00. The third-order valence-electron chi connectivity index (χ3n) is 2.06. The molecule has 1 saturated heterocycles. The minimum Gasteiger partial charge on any atom is -0.460 e. The van der Waals surface area contributed by atoms with Gasteiger partial charge in [0.25, 0.3) is 0 Å². The maximum absolute atomic E-state index is 11.1. The van der Waals surface area contributed by atoms with Crippen molar-refractivity contribution in [2.24, 2.45) is 5.92 Å². The van der Waals surface area contributed by atoms with Crippen molar-refractivity contribution in [3.05, 3.63) is 0 Å². The standard InChI is InChI=1S/C7H10BrClO2/c1-3-5-4(2)7(8,9)6(10)11-5/h4-5H,3H2,1-2H3/t4-,5-,7-/m1/s1. The zero-order valence-electron chi connectivity index (χ0n) is 6.43. The number of hydrogen-bond acceptors (Lipinski definition) is 2. The minimum absolute atomic E-state index is 0.0293. The van der Waals surface area contributed by atoms with Gasteiger partial charge in [-0.05, 0) is 6.42 Å². The second-order valence-electron chi connectivity index (χ2n) is 2.76. The van der Waals surface area contributed by atoms with E-state index < -0.39 is 3.78 Å². The maximum Gasteiger partial charge on any atom is 0.338 e. The van der Waals surface area contributed by atoms with Crippen LogP contribution in [0.1, 0.15) is 20.3 Å². The van der Waals surface area contributed by atoms with Gasteiger partial charge in [-0.15, -0.1) is 0 Å². The number of halogens is 2. The molecular formula is C7H10BrClO2. The van der Waals surface area contributed by atoms with Gasteiger partial charge in [0.15, 0.2) is 0 Å². The molecule has 4 heteroatoms. The average molecular weight is 242 g/mol. The molecule has 0 spiro atoms. The molecule has 0 aromatic heterocycles. The number of cyclic esters (lactones) is 1. The van der Waals surface area contributed by atoms with Crippen LogP contribution in [0.25, 0.3) is 0 Å². The molecule has 1 aliphatic heterocycles. The van der Waals surface area contributed by atoms with Crippen molar-refractivity contribution in [3.8, 4) is 0 Å². The molecule has 0 aromatic carbocycles. The van der Waals surface area contributed by atoms with Crippen LogP contribution in [-0.4, -0.2) is 15.9 Å². The Morgan fingerprint density at radius 3 is 2.55 bits per heavy atom. The Hall–Kier alpha value is 0.240. The minimum atomic E-state index is -0.992. The third-order valence-corrected chi connectivity index (χ3v) is 3.61. The predicted octanol–water partition coefficient (Wildman–Crippen LogP) is 2.29. The summed E-state index contributed by atoms with van der Waals surface area (Å²) >= 11 is 9.03. The largest absolute Gasteiger partial charge is 0.460 e. The van der Waals surface area contributed by atoms with Crippen LogP contribution in [-0.2, 0) is 9.53 Å². The van der Waals surface area contributed by atoms with E-state index in [1.165, 1.54) is 0 Å². The van der Waals surface area contributed by atoms with E-state index in [9.17, 15) is 4.79 Å². The quantitative estimate of drug-likeness (QED) is 0.520. The second-order valence-corrected chi connectivity index (χ2v) is 5.07. The molecule has 0 aliphatic carbocycles. The molecule has 1 rings (SSSR count). The fourth-order valence-electron chi connectivity index (χ4n) is 1.17. The van der Waals surface area contributed by atoms with Crippen LogP contribution in [0.5, 0.6) is 0 Å². The molecule has 1 aliphatic rings. The van der Waals surface area contributed by atoms with Gasteiger partial charge in [0, 0.05) is 5.92 Å². The molecule has 11 heavy (non-hydrogen) atoms. The average Bonchev–Trinajstić information content (AvgIpc) is 2.14. The Labute approximate surface area is 79.4 Å². The van der Waals surface area contributed by atoms with Crippen LogP contribution >= 0.6 is 27.5 Å². The Morgan fingerprint density at radius 2 is 2.36 bits per heavy atom. The Bertz CT molecular complexity index is 181. The van der Waals surface area contributed by atoms with Crippen molar-refractivity contribution in [2.45, 2.75) is 30.2 Å². The van der Waals surface area contributed by atoms with Gasteiger partial charge in [0.2, 0.25) is 3.78 Å². The van der Waals surface area contributed by atoms with Gasteiger partial charge >= 0.3 is 5.97 Å². The molecule has 1 fully saturated rings. The number of ether oxygens (including phenoxy) is 1. The Morgan fingerprint density at radius 1 is 1.82 bits per heavy atom. The highest BCUT2D eigenvalue weighted by Gasteiger charge is 2.51. The number of carbonyl (C=O) groups excluding carboxylic acids is 1. The van der Waals surface area contributed by atoms with E-state index >= 15 is 0 Å². The van der Waals surface area contributed by atoms with Crippen LogP contribution < -0.4 is 0 Å². The summed E-state index contributed by atoms with van der Waals surface area (Å²) in [5.74, 6) is -0.333. The van der Waals surface area contributed by atoms with E-state index in [1.807, 2.05) is 13.8 Å². The predicted molar refractivity (Wildman–Crippen MR) is 46.8 cm³/mol. The highest BCUT2D eigenvalue weighted by atomic mass is 79.9. The van der Waals surface area contributed by atoms with Gasteiger partial charge in [-0.3, -0.25) is 0 Å². The second kappa shape index (κ2) is 2.94. The van der Waals surface area contributed by atoms with E-state index in [1.54, 1.807) is 0 Å². The monoisotopic (exact) mass is 240 g/mol. The van der Waals surface area contributed by atoms with Crippen LogP contribution in [0.15, 0.2) is 0 Å². The Balaban J connectivity index is 2.80. The van der Waals surface area contributed by atoms with Gasteiger partial charge in [0.05, 0.1) is 0 Å². The van der Waals surface area contributed by atoms with Gasteiger partial charge in [-0.2, -0.15) is 0 Å². The van der Waals surface area contributed by atoms with Gasteiger partial charge in [-0.1, -0.05) is 41.4 Å². The van der Waals surface area contributed by atoms with Crippen molar-refractivity contribution in [3.63, 3.8) is 0 Å². The van der Waals surface area contributed by atoms with E-state index in [4.69, 9.17) is 16.3 Å². The molecule has 0 N–H and O–H groups in total. The van der Waals surface area contributed by atoms with Crippen molar-refractivity contribution in [2.75, 3.05) is 0 Å². The summed E-state index contributed by atoms with van der Waals surface area (Å²) in [6, 6.07) is 0. The number of rotatable bonds is 1. The summed E-state index contributed by atoms with van der Waals surface area (Å²) in [4.78, 5) is 11.1. The van der Waals surface area contributed by atoms with E-state index in [2.05, 4.69) is 15.9 Å². The van der Waals surface area contributed by atoms with Crippen molar-refractivity contribution < 1.29 is 9.53 Å². The summed E-state index contributed by atoms with van der Waals surface area (Å²) < 4.78 is 4.03. The highest BCUT2D eigenvalue weighted by molar-refractivity contribution is 9.10. The van der Waals surface area contributed by atoms with E-state index in [-0.39, 0.29) is 18.0 Å². The number of carbonyl (C=O) groups is 1. The summed E-state index contributed by atoms with van der Waals surface area (Å²) in [5.41, 5.74) is 0. The molecule has 0 amide bonds.